The van der Waals surface area contributed by atoms with Gasteiger partial charge in [0, 0.05) is 42.5 Å². The molecule has 5 rings (SSSR count). The molecule has 1 amide bonds. The minimum absolute atomic E-state index is 0.0616. The summed E-state index contributed by atoms with van der Waals surface area (Å²) in [5.74, 6) is 0.0616. The zero-order valence-corrected chi connectivity index (χ0v) is 15.6. The molecule has 1 atom stereocenters. The van der Waals surface area contributed by atoms with E-state index < -0.39 is 0 Å². The molecule has 0 bridgehead atoms. The van der Waals surface area contributed by atoms with Gasteiger partial charge in [-0.2, -0.15) is 0 Å². The van der Waals surface area contributed by atoms with E-state index in [9.17, 15) is 4.79 Å². The second-order valence-corrected chi connectivity index (χ2v) is 7.72. The standard InChI is InChI=1S/C22H23N3O3/c26-21(19-12-24-20-4-2-1-3-18(19)20)25-14-22(15-25)11-17(7-10-28-22)27-13-16-5-8-23-9-6-16/h1-6,8-9,12,17,24H,7,10-11,13-15H2/t17-/m1/s1. The maximum absolute atomic E-state index is 12.9. The van der Waals surface area contributed by atoms with Crippen LogP contribution in [-0.4, -0.2) is 52.2 Å². The molecule has 3 aromatic rings. The summed E-state index contributed by atoms with van der Waals surface area (Å²) in [5, 5.41) is 0.969. The van der Waals surface area contributed by atoms with Crippen LogP contribution in [0.1, 0.15) is 28.8 Å². The normalized spacial score (nSPS) is 21.0. The van der Waals surface area contributed by atoms with Crippen molar-refractivity contribution in [2.24, 2.45) is 0 Å². The molecule has 6 nitrogen and oxygen atoms in total. The Morgan fingerprint density at radius 3 is 2.93 bits per heavy atom. The molecule has 0 radical (unpaired) electrons. The number of aromatic nitrogens is 2. The van der Waals surface area contributed by atoms with Gasteiger partial charge >= 0.3 is 0 Å². The largest absolute Gasteiger partial charge is 0.373 e. The number of likely N-dealkylation sites (tertiary alicyclic amines) is 1. The molecule has 1 N–H and O–H groups in total. The van der Waals surface area contributed by atoms with Gasteiger partial charge in [-0.25, -0.2) is 0 Å². The van der Waals surface area contributed by atoms with E-state index in [4.69, 9.17) is 9.47 Å². The van der Waals surface area contributed by atoms with Crippen LogP contribution < -0.4 is 0 Å². The number of nitrogens with one attached hydrogen (secondary N) is 1. The molecule has 0 saturated carbocycles. The first kappa shape index (κ1) is 17.4. The smallest absolute Gasteiger partial charge is 0.256 e. The van der Waals surface area contributed by atoms with Crippen molar-refractivity contribution in [3.05, 3.63) is 66.1 Å². The average Bonchev–Trinajstić information content (AvgIpc) is 3.15. The molecule has 0 aliphatic carbocycles. The summed E-state index contributed by atoms with van der Waals surface area (Å²) in [7, 11) is 0. The monoisotopic (exact) mass is 377 g/mol. The van der Waals surface area contributed by atoms with Crippen LogP contribution in [0.25, 0.3) is 10.9 Å². The zero-order valence-electron chi connectivity index (χ0n) is 15.6. The maximum atomic E-state index is 12.9. The van der Waals surface area contributed by atoms with Crippen LogP contribution >= 0.6 is 0 Å². The summed E-state index contributed by atoms with van der Waals surface area (Å²) < 4.78 is 12.2. The Labute approximate surface area is 163 Å². The van der Waals surface area contributed by atoms with Crippen molar-refractivity contribution in [3.8, 4) is 0 Å². The quantitative estimate of drug-likeness (QED) is 0.758. The van der Waals surface area contributed by atoms with E-state index >= 15 is 0 Å². The van der Waals surface area contributed by atoms with Gasteiger partial charge in [0.2, 0.25) is 0 Å². The van der Waals surface area contributed by atoms with Crippen molar-refractivity contribution in [2.45, 2.75) is 31.2 Å². The van der Waals surface area contributed by atoms with Crippen LogP contribution in [-0.2, 0) is 16.1 Å². The highest BCUT2D eigenvalue weighted by Crippen LogP contribution is 2.37. The van der Waals surface area contributed by atoms with E-state index in [-0.39, 0.29) is 17.6 Å². The summed E-state index contributed by atoms with van der Waals surface area (Å²) >= 11 is 0. The first-order chi connectivity index (χ1) is 13.7. The first-order valence-corrected chi connectivity index (χ1v) is 9.72. The molecular weight excluding hydrogens is 354 g/mol. The number of hydrogen-bond donors (Lipinski definition) is 1. The maximum Gasteiger partial charge on any atom is 0.256 e. The van der Waals surface area contributed by atoms with Crippen LogP contribution in [0.4, 0.5) is 0 Å². The van der Waals surface area contributed by atoms with Gasteiger partial charge in [-0.3, -0.25) is 9.78 Å². The highest BCUT2D eigenvalue weighted by Gasteiger charge is 2.49. The summed E-state index contributed by atoms with van der Waals surface area (Å²) in [4.78, 5) is 22.0. The van der Waals surface area contributed by atoms with Crippen molar-refractivity contribution in [2.75, 3.05) is 19.7 Å². The van der Waals surface area contributed by atoms with E-state index in [0.717, 1.165) is 34.9 Å². The third-order valence-electron chi connectivity index (χ3n) is 5.75. The zero-order chi connectivity index (χ0) is 19.0. The highest BCUT2D eigenvalue weighted by atomic mass is 16.5. The molecule has 2 fully saturated rings. The van der Waals surface area contributed by atoms with Gasteiger partial charge in [-0.1, -0.05) is 18.2 Å². The molecule has 2 aliphatic rings. The SMILES string of the molecule is O=C(c1c[nH]c2ccccc12)N1CC2(C[C@H](OCc3ccncc3)CCO2)C1. The molecule has 4 heterocycles. The highest BCUT2D eigenvalue weighted by molar-refractivity contribution is 6.07. The number of nitrogens with zero attached hydrogens (tertiary/aromatic N) is 2. The Morgan fingerprint density at radius 2 is 2.07 bits per heavy atom. The van der Waals surface area contributed by atoms with Gasteiger partial charge in [0.15, 0.2) is 0 Å². The van der Waals surface area contributed by atoms with E-state index in [1.54, 1.807) is 18.6 Å². The predicted octanol–water partition coefficient (Wildman–Crippen LogP) is 3.15. The Kier molecular flexibility index (Phi) is 4.37. The molecular formula is C22H23N3O3. The molecule has 1 aromatic carbocycles. The van der Waals surface area contributed by atoms with Crippen molar-refractivity contribution in [3.63, 3.8) is 0 Å². The molecule has 28 heavy (non-hydrogen) atoms. The average molecular weight is 377 g/mol. The number of H-pyrrole nitrogens is 1. The van der Waals surface area contributed by atoms with E-state index in [1.807, 2.05) is 41.3 Å². The van der Waals surface area contributed by atoms with E-state index in [0.29, 0.717) is 26.3 Å². The van der Waals surface area contributed by atoms with Crippen molar-refractivity contribution >= 4 is 16.8 Å². The van der Waals surface area contributed by atoms with Crippen molar-refractivity contribution in [1.29, 1.82) is 0 Å². The fourth-order valence-electron chi connectivity index (χ4n) is 4.25. The van der Waals surface area contributed by atoms with Gasteiger partial charge in [-0.15, -0.1) is 0 Å². The second-order valence-electron chi connectivity index (χ2n) is 7.72. The van der Waals surface area contributed by atoms with E-state index in [1.165, 1.54) is 0 Å². The minimum Gasteiger partial charge on any atom is -0.373 e. The number of ether oxygens (including phenoxy) is 2. The van der Waals surface area contributed by atoms with Gasteiger partial charge < -0.3 is 19.4 Å². The molecule has 2 aliphatic heterocycles. The fraction of sp³-hybridized carbons (Fsp3) is 0.364. The summed E-state index contributed by atoms with van der Waals surface area (Å²) in [6, 6.07) is 11.8. The number of rotatable bonds is 4. The number of carbonyl (C=O) groups excluding carboxylic acids is 1. The van der Waals surface area contributed by atoms with Gasteiger partial charge in [0.1, 0.15) is 5.60 Å². The molecule has 0 unspecified atom stereocenters. The number of pyridine rings is 1. The molecule has 1 spiro atoms. The van der Waals surface area contributed by atoms with Gasteiger partial charge in [-0.05, 0) is 30.2 Å². The molecule has 144 valence electrons. The lowest BCUT2D eigenvalue weighted by atomic mass is 9.84. The number of benzene rings is 1. The number of aromatic amines is 1. The third-order valence-corrected chi connectivity index (χ3v) is 5.75. The summed E-state index contributed by atoms with van der Waals surface area (Å²) in [6.45, 7) is 2.51. The second kappa shape index (κ2) is 7.04. The lowest BCUT2D eigenvalue weighted by Crippen LogP contribution is -2.67. The van der Waals surface area contributed by atoms with E-state index in [2.05, 4.69) is 9.97 Å². The van der Waals surface area contributed by atoms with Crippen molar-refractivity contribution in [1.82, 2.24) is 14.9 Å². The first-order valence-electron chi connectivity index (χ1n) is 9.72. The Hall–Kier alpha value is -2.70. The lowest BCUT2D eigenvalue weighted by Gasteiger charge is -2.53. The lowest BCUT2D eigenvalue weighted by molar-refractivity contribution is -0.187. The predicted molar refractivity (Wildman–Crippen MR) is 105 cm³/mol. The van der Waals surface area contributed by atoms with Crippen molar-refractivity contribution < 1.29 is 14.3 Å². The number of para-hydroxylation sites is 1. The van der Waals surface area contributed by atoms with Crippen LogP contribution in [0.5, 0.6) is 0 Å². The van der Waals surface area contributed by atoms with Crippen LogP contribution in [0.2, 0.25) is 0 Å². The van der Waals surface area contributed by atoms with Gasteiger partial charge in [0.25, 0.3) is 5.91 Å². The van der Waals surface area contributed by atoms with Crippen LogP contribution in [0.15, 0.2) is 55.0 Å². The molecule has 2 saturated heterocycles. The fourth-order valence-corrected chi connectivity index (χ4v) is 4.25. The Balaban J connectivity index is 1.21. The number of fused-ring (bicyclic) bond motifs is 1. The van der Waals surface area contributed by atoms with Gasteiger partial charge in [0.05, 0.1) is 31.4 Å². The third kappa shape index (κ3) is 3.19. The topological polar surface area (TPSA) is 67.5 Å². The number of carbonyl (C=O) groups is 1. The number of hydrogen-bond acceptors (Lipinski definition) is 4. The van der Waals surface area contributed by atoms with Crippen LogP contribution in [0.3, 0.4) is 0 Å². The Bertz CT molecular complexity index is 979. The Morgan fingerprint density at radius 1 is 1.25 bits per heavy atom. The molecule has 2 aromatic heterocycles. The number of amides is 1. The summed E-state index contributed by atoms with van der Waals surface area (Å²) in [5.41, 5.74) is 2.58. The minimum atomic E-state index is -0.261. The van der Waals surface area contributed by atoms with Crippen LogP contribution in [0, 0.1) is 0 Å². The molecule has 6 heteroatoms. The summed E-state index contributed by atoms with van der Waals surface area (Å²) in [6.07, 6.45) is 7.25.